The Kier molecular flexibility index (Phi) is 4.02. The second-order valence-electron chi connectivity index (χ2n) is 7.36. The zero-order valence-corrected chi connectivity index (χ0v) is 13.6. The number of benzene rings is 1. The van der Waals surface area contributed by atoms with E-state index in [9.17, 15) is 9.90 Å². The molecule has 4 heteroatoms. The van der Waals surface area contributed by atoms with E-state index >= 15 is 0 Å². The largest absolute Gasteiger partial charge is 0.396 e. The smallest absolute Gasteiger partial charge is 0.317 e. The van der Waals surface area contributed by atoms with Gasteiger partial charge in [-0.15, -0.1) is 0 Å². The molecule has 0 spiro atoms. The van der Waals surface area contributed by atoms with Gasteiger partial charge in [-0.2, -0.15) is 0 Å². The number of urea groups is 1. The highest BCUT2D eigenvalue weighted by Gasteiger charge is 2.36. The van der Waals surface area contributed by atoms with Gasteiger partial charge >= 0.3 is 6.03 Å². The van der Waals surface area contributed by atoms with Crippen molar-refractivity contribution in [1.29, 1.82) is 0 Å². The quantitative estimate of drug-likeness (QED) is 0.882. The topological polar surface area (TPSA) is 52.6 Å². The minimum Gasteiger partial charge on any atom is -0.396 e. The molecule has 1 heterocycles. The minimum atomic E-state index is 0.0719. The van der Waals surface area contributed by atoms with Crippen LogP contribution in [-0.4, -0.2) is 35.7 Å². The molecule has 2 atom stereocenters. The third-order valence-electron chi connectivity index (χ3n) is 5.99. The highest BCUT2D eigenvalue weighted by molar-refractivity contribution is 5.75. The van der Waals surface area contributed by atoms with E-state index in [1.165, 1.54) is 36.0 Å². The van der Waals surface area contributed by atoms with Gasteiger partial charge in [0.25, 0.3) is 0 Å². The van der Waals surface area contributed by atoms with E-state index in [0.29, 0.717) is 11.8 Å². The third-order valence-corrected chi connectivity index (χ3v) is 5.99. The standard InChI is InChI=1S/C19H26N2O2/c22-12-13-7-9-21(10-8-13)19(23)20-17-11-15-5-1-3-14-4-2-6-16(17)18(14)15/h2,4,6,13,15,17,22H,1,3,5,7-12H2,(H,20,23). The molecule has 2 unspecified atom stereocenters. The van der Waals surface area contributed by atoms with Crippen molar-refractivity contribution in [2.24, 2.45) is 5.92 Å². The molecule has 2 aliphatic carbocycles. The average Bonchev–Trinajstić information content (AvgIpc) is 2.95. The Morgan fingerprint density at radius 2 is 2.09 bits per heavy atom. The first kappa shape index (κ1) is 15.0. The Balaban J connectivity index is 1.45. The van der Waals surface area contributed by atoms with Gasteiger partial charge in [0.05, 0.1) is 6.04 Å². The van der Waals surface area contributed by atoms with Crippen LogP contribution in [0.5, 0.6) is 0 Å². The Bertz CT molecular complexity index is 593. The second kappa shape index (κ2) is 6.16. The Morgan fingerprint density at radius 3 is 2.87 bits per heavy atom. The van der Waals surface area contributed by atoms with Crippen LogP contribution in [0.4, 0.5) is 4.79 Å². The number of hydrogen-bond acceptors (Lipinski definition) is 2. The first-order valence-corrected chi connectivity index (χ1v) is 9.04. The van der Waals surface area contributed by atoms with Gasteiger partial charge in [-0.25, -0.2) is 4.79 Å². The van der Waals surface area contributed by atoms with Crippen molar-refractivity contribution in [2.45, 2.75) is 50.5 Å². The van der Waals surface area contributed by atoms with Gasteiger partial charge in [0.2, 0.25) is 0 Å². The maximum Gasteiger partial charge on any atom is 0.317 e. The first-order valence-electron chi connectivity index (χ1n) is 9.04. The van der Waals surface area contributed by atoms with Gasteiger partial charge in [-0.05, 0) is 67.1 Å². The summed E-state index contributed by atoms with van der Waals surface area (Å²) < 4.78 is 0. The van der Waals surface area contributed by atoms with Crippen molar-refractivity contribution in [1.82, 2.24) is 10.2 Å². The number of nitrogens with zero attached hydrogens (tertiary/aromatic N) is 1. The number of carbonyl (C=O) groups is 1. The molecular formula is C19H26N2O2. The number of aliphatic hydroxyl groups is 1. The van der Waals surface area contributed by atoms with Crippen molar-refractivity contribution >= 4 is 6.03 Å². The molecular weight excluding hydrogens is 288 g/mol. The van der Waals surface area contributed by atoms with Crippen LogP contribution >= 0.6 is 0 Å². The molecule has 0 radical (unpaired) electrons. The molecule has 0 saturated carbocycles. The monoisotopic (exact) mass is 314 g/mol. The molecule has 0 bridgehead atoms. The van der Waals surface area contributed by atoms with E-state index in [4.69, 9.17) is 0 Å². The lowest BCUT2D eigenvalue weighted by Crippen LogP contribution is -2.45. The molecule has 4 nitrogen and oxygen atoms in total. The summed E-state index contributed by atoms with van der Waals surface area (Å²) in [6.45, 7) is 1.77. The highest BCUT2D eigenvalue weighted by atomic mass is 16.3. The predicted octanol–water partition coefficient (Wildman–Crippen LogP) is 2.97. The van der Waals surface area contributed by atoms with Crippen LogP contribution < -0.4 is 5.32 Å². The summed E-state index contributed by atoms with van der Waals surface area (Å²) in [7, 11) is 0. The molecule has 124 valence electrons. The van der Waals surface area contributed by atoms with Crippen molar-refractivity contribution in [3.63, 3.8) is 0 Å². The number of rotatable bonds is 2. The van der Waals surface area contributed by atoms with Crippen LogP contribution in [0.1, 0.15) is 60.8 Å². The summed E-state index contributed by atoms with van der Waals surface area (Å²) in [6.07, 6.45) is 6.62. The number of hydrogen-bond donors (Lipinski definition) is 2. The Labute approximate surface area is 137 Å². The molecule has 2 amide bonds. The van der Waals surface area contributed by atoms with E-state index in [2.05, 4.69) is 23.5 Å². The molecule has 1 saturated heterocycles. The minimum absolute atomic E-state index is 0.0719. The summed E-state index contributed by atoms with van der Waals surface area (Å²) >= 11 is 0. The Hall–Kier alpha value is -1.55. The van der Waals surface area contributed by atoms with E-state index < -0.39 is 0 Å². The van der Waals surface area contributed by atoms with Gasteiger partial charge in [0, 0.05) is 19.7 Å². The lowest BCUT2D eigenvalue weighted by atomic mass is 9.84. The van der Waals surface area contributed by atoms with E-state index in [0.717, 1.165) is 32.4 Å². The maximum atomic E-state index is 12.6. The number of likely N-dealkylation sites (tertiary alicyclic amines) is 1. The number of aryl methyl sites for hydroxylation is 1. The molecule has 1 fully saturated rings. The van der Waals surface area contributed by atoms with Crippen LogP contribution in [0.3, 0.4) is 0 Å². The molecule has 3 aliphatic rings. The van der Waals surface area contributed by atoms with Crippen LogP contribution in [0.25, 0.3) is 0 Å². The van der Waals surface area contributed by atoms with Crippen LogP contribution in [0, 0.1) is 5.92 Å². The van der Waals surface area contributed by atoms with Gasteiger partial charge in [-0.3, -0.25) is 0 Å². The number of aliphatic hydroxyl groups excluding tert-OH is 1. The molecule has 4 rings (SSSR count). The van der Waals surface area contributed by atoms with Crippen molar-refractivity contribution in [3.8, 4) is 0 Å². The highest BCUT2D eigenvalue weighted by Crippen LogP contribution is 2.47. The van der Waals surface area contributed by atoms with Gasteiger partial charge < -0.3 is 15.3 Å². The van der Waals surface area contributed by atoms with Crippen molar-refractivity contribution in [3.05, 3.63) is 34.9 Å². The normalized spacial score (nSPS) is 26.9. The maximum absolute atomic E-state index is 12.6. The van der Waals surface area contributed by atoms with E-state index in [-0.39, 0.29) is 18.7 Å². The summed E-state index contributed by atoms with van der Waals surface area (Å²) in [5.74, 6) is 1.01. The summed E-state index contributed by atoms with van der Waals surface area (Å²) in [5.41, 5.74) is 4.38. The number of carbonyl (C=O) groups excluding carboxylic acids is 1. The van der Waals surface area contributed by atoms with Crippen LogP contribution in [0.15, 0.2) is 18.2 Å². The Morgan fingerprint density at radius 1 is 1.26 bits per heavy atom. The molecule has 2 N–H and O–H groups in total. The molecule has 0 aromatic heterocycles. The van der Waals surface area contributed by atoms with Gasteiger partial charge in [0.15, 0.2) is 0 Å². The second-order valence-corrected chi connectivity index (χ2v) is 7.36. The average molecular weight is 314 g/mol. The lowest BCUT2D eigenvalue weighted by Gasteiger charge is -2.32. The van der Waals surface area contributed by atoms with Crippen molar-refractivity contribution in [2.75, 3.05) is 19.7 Å². The number of nitrogens with one attached hydrogen (secondary N) is 1. The van der Waals surface area contributed by atoms with Crippen LogP contribution in [0.2, 0.25) is 0 Å². The fourth-order valence-electron chi connectivity index (χ4n) is 4.68. The summed E-state index contributed by atoms with van der Waals surface area (Å²) in [5, 5.41) is 12.5. The van der Waals surface area contributed by atoms with Crippen LogP contribution in [-0.2, 0) is 6.42 Å². The predicted molar refractivity (Wildman–Crippen MR) is 89.4 cm³/mol. The summed E-state index contributed by atoms with van der Waals surface area (Å²) in [4.78, 5) is 14.5. The first-order chi connectivity index (χ1) is 11.3. The zero-order valence-electron chi connectivity index (χ0n) is 13.6. The van der Waals surface area contributed by atoms with E-state index in [1.807, 2.05) is 4.90 Å². The number of amides is 2. The molecule has 1 aliphatic heterocycles. The van der Waals surface area contributed by atoms with Crippen molar-refractivity contribution < 1.29 is 9.90 Å². The van der Waals surface area contributed by atoms with Gasteiger partial charge in [-0.1, -0.05) is 18.2 Å². The fraction of sp³-hybridized carbons (Fsp3) is 0.632. The third kappa shape index (κ3) is 2.74. The molecule has 1 aromatic carbocycles. The zero-order chi connectivity index (χ0) is 15.8. The van der Waals surface area contributed by atoms with E-state index in [1.54, 1.807) is 0 Å². The fourth-order valence-corrected chi connectivity index (χ4v) is 4.68. The molecule has 23 heavy (non-hydrogen) atoms. The number of piperidine rings is 1. The summed E-state index contributed by atoms with van der Waals surface area (Å²) in [6, 6.07) is 6.86. The molecule has 1 aromatic rings. The SMILES string of the molecule is O=C(NC1CC2CCCc3cccc1c32)N1CCC(CO)CC1. The van der Waals surface area contributed by atoms with Gasteiger partial charge in [0.1, 0.15) is 0 Å². The lowest BCUT2D eigenvalue weighted by molar-refractivity contribution is 0.135.